The number of nitriles is 1. The maximum absolute atomic E-state index is 12.2. The third-order valence-electron chi connectivity index (χ3n) is 3.16. The summed E-state index contributed by atoms with van der Waals surface area (Å²) in [6, 6.07) is 14.8. The average molecular weight is 344 g/mol. The number of hydrogen-bond donors (Lipinski definition) is 0. The first-order valence-corrected chi connectivity index (χ1v) is 7.50. The molecule has 0 heterocycles. The number of halogens is 1. The molecule has 0 aliphatic carbocycles. The van der Waals surface area contributed by atoms with E-state index in [1.807, 2.05) is 6.07 Å². The zero-order chi connectivity index (χ0) is 17.5. The second-order valence-electron chi connectivity index (χ2n) is 4.90. The highest BCUT2D eigenvalue weighted by Crippen LogP contribution is 2.17. The lowest BCUT2D eigenvalue weighted by molar-refractivity contribution is -0.148. The number of esters is 1. The van der Waals surface area contributed by atoms with Crippen molar-refractivity contribution >= 4 is 23.4 Å². The monoisotopic (exact) mass is 343 g/mol. The molecule has 5 nitrogen and oxygen atoms in total. The van der Waals surface area contributed by atoms with Crippen molar-refractivity contribution in [2.24, 2.45) is 0 Å². The Kier molecular flexibility index (Phi) is 5.94. The molecule has 0 unspecified atom stereocenters. The quantitative estimate of drug-likeness (QED) is 0.593. The first-order chi connectivity index (χ1) is 11.5. The molecule has 0 aliphatic rings. The number of carbonyl (C=O) groups is 2. The van der Waals surface area contributed by atoms with E-state index in [0.29, 0.717) is 16.1 Å². The molecule has 6 heteroatoms. The number of ether oxygens (including phenoxy) is 2. The van der Waals surface area contributed by atoms with Crippen LogP contribution < -0.4 is 4.74 Å². The third kappa shape index (κ3) is 4.58. The third-order valence-corrected chi connectivity index (χ3v) is 3.41. The van der Waals surface area contributed by atoms with E-state index in [4.69, 9.17) is 26.3 Å². The van der Waals surface area contributed by atoms with Gasteiger partial charge in [-0.3, -0.25) is 4.79 Å². The van der Waals surface area contributed by atoms with Crippen LogP contribution in [0.25, 0.3) is 0 Å². The van der Waals surface area contributed by atoms with Crippen molar-refractivity contribution in [2.45, 2.75) is 13.0 Å². The van der Waals surface area contributed by atoms with Gasteiger partial charge in [0, 0.05) is 10.6 Å². The molecule has 0 aliphatic heterocycles. The first-order valence-electron chi connectivity index (χ1n) is 7.12. The van der Waals surface area contributed by atoms with E-state index >= 15 is 0 Å². The number of carbonyl (C=O) groups excluding carboxylic acids is 2. The smallest absolute Gasteiger partial charge is 0.344 e. The standard InChI is InChI=1S/C18H14ClNO4/c1-12(18(22)13-6-8-15(19)9-7-13)24-17(21)11-23-16-5-3-2-4-14(16)10-20/h2-9,12H,11H2,1H3/t12-/m1/s1. The summed E-state index contributed by atoms with van der Waals surface area (Å²) in [6.45, 7) is 1.09. The molecule has 1 atom stereocenters. The summed E-state index contributed by atoms with van der Waals surface area (Å²) >= 11 is 5.77. The SMILES string of the molecule is C[C@@H](OC(=O)COc1ccccc1C#N)C(=O)c1ccc(Cl)cc1. The molecule has 0 saturated heterocycles. The molecular formula is C18H14ClNO4. The van der Waals surface area contributed by atoms with Crippen molar-refractivity contribution in [3.8, 4) is 11.8 Å². The van der Waals surface area contributed by atoms with E-state index in [2.05, 4.69) is 0 Å². The highest BCUT2D eigenvalue weighted by atomic mass is 35.5. The van der Waals surface area contributed by atoms with Crippen molar-refractivity contribution in [2.75, 3.05) is 6.61 Å². The minimum absolute atomic E-state index is 0.286. The van der Waals surface area contributed by atoms with E-state index in [9.17, 15) is 9.59 Å². The van der Waals surface area contributed by atoms with Crippen molar-refractivity contribution < 1.29 is 19.1 Å². The van der Waals surface area contributed by atoms with Crippen LogP contribution in [-0.2, 0) is 9.53 Å². The van der Waals surface area contributed by atoms with Crippen LogP contribution in [0.15, 0.2) is 48.5 Å². The van der Waals surface area contributed by atoms with Gasteiger partial charge in [0.1, 0.15) is 11.8 Å². The summed E-state index contributed by atoms with van der Waals surface area (Å²) < 4.78 is 10.3. The Morgan fingerprint density at radius 2 is 1.83 bits per heavy atom. The maximum atomic E-state index is 12.2. The van der Waals surface area contributed by atoms with Gasteiger partial charge in [-0.2, -0.15) is 5.26 Å². The van der Waals surface area contributed by atoms with E-state index in [-0.39, 0.29) is 11.5 Å². The lowest BCUT2D eigenvalue weighted by Crippen LogP contribution is -2.27. The first kappa shape index (κ1) is 17.5. The summed E-state index contributed by atoms with van der Waals surface area (Å²) in [7, 11) is 0. The van der Waals surface area contributed by atoms with Crippen molar-refractivity contribution in [1.29, 1.82) is 5.26 Å². The molecule has 0 bridgehead atoms. The number of rotatable bonds is 6. The van der Waals surface area contributed by atoms with Crippen LogP contribution in [0, 0.1) is 11.3 Å². The number of nitrogens with zero attached hydrogens (tertiary/aromatic N) is 1. The van der Waals surface area contributed by atoms with Gasteiger partial charge in [0.2, 0.25) is 5.78 Å². The predicted molar refractivity (Wildman–Crippen MR) is 88.0 cm³/mol. The summed E-state index contributed by atoms with van der Waals surface area (Å²) in [5.74, 6) is -0.747. The summed E-state index contributed by atoms with van der Waals surface area (Å²) in [5.41, 5.74) is 0.714. The van der Waals surface area contributed by atoms with Gasteiger partial charge in [-0.05, 0) is 43.3 Å². The van der Waals surface area contributed by atoms with Crippen molar-refractivity contribution in [3.63, 3.8) is 0 Å². The fourth-order valence-corrected chi connectivity index (χ4v) is 2.08. The van der Waals surface area contributed by atoms with E-state index < -0.39 is 18.7 Å². The Bertz CT molecular complexity index is 780. The largest absolute Gasteiger partial charge is 0.481 e. The number of hydrogen-bond acceptors (Lipinski definition) is 5. The van der Waals surface area contributed by atoms with Gasteiger partial charge in [0.05, 0.1) is 5.56 Å². The van der Waals surface area contributed by atoms with Crippen LogP contribution in [0.2, 0.25) is 5.02 Å². The van der Waals surface area contributed by atoms with E-state index in [0.717, 1.165) is 0 Å². The topological polar surface area (TPSA) is 76.4 Å². The number of ketones is 1. The number of para-hydroxylation sites is 1. The fraction of sp³-hybridized carbons (Fsp3) is 0.167. The van der Waals surface area contributed by atoms with E-state index in [1.165, 1.54) is 6.92 Å². The van der Waals surface area contributed by atoms with Gasteiger partial charge in [0.15, 0.2) is 12.7 Å². The molecule has 2 rings (SSSR count). The molecule has 0 saturated carbocycles. The lowest BCUT2D eigenvalue weighted by atomic mass is 10.1. The van der Waals surface area contributed by atoms with E-state index in [1.54, 1.807) is 48.5 Å². The van der Waals surface area contributed by atoms with Crippen LogP contribution in [0.4, 0.5) is 0 Å². The summed E-state index contributed by atoms with van der Waals surface area (Å²) in [6.07, 6.45) is -0.950. The molecule has 2 aromatic carbocycles. The molecule has 122 valence electrons. The van der Waals surface area contributed by atoms with Crippen LogP contribution in [-0.4, -0.2) is 24.5 Å². The Hall–Kier alpha value is -2.84. The molecule has 0 aromatic heterocycles. The fourth-order valence-electron chi connectivity index (χ4n) is 1.96. The van der Waals surface area contributed by atoms with Crippen molar-refractivity contribution in [1.82, 2.24) is 0 Å². The summed E-state index contributed by atoms with van der Waals surface area (Å²) in [5, 5.41) is 9.46. The molecule has 0 amide bonds. The molecule has 0 radical (unpaired) electrons. The zero-order valence-electron chi connectivity index (χ0n) is 12.9. The van der Waals surface area contributed by atoms with Crippen LogP contribution in [0.3, 0.4) is 0 Å². The van der Waals surface area contributed by atoms with Crippen LogP contribution in [0.5, 0.6) is 5.75 Å². The molecule has 0 fully saturated rings. The highest BCUT2D eigenvalue weighted by Gasteiger charge is 2.20. The second-order valence-corrected chi connectivity index (χ2v) is 5.34. The van der Waals surface area contributed by atoms with Crippen LogP contribution in [0.1, 0.15) is 22.8 Å². The zero-order valence-corrected chi connectivity index (χ0v) is 13.6. The minimum atomic E-state index is -0.950. The molecule has 24 heavy (non-hydrogen) atoms. The van der Waals surface area contributed by atoms with Gasteiger partial charge < -0.3 is 9.47 Å². The summed E-state index contributed by atoms with van der Waals surface area (Å²) in [4.78, 5) is 24.0. The predicted octanol–water partition coefficient (Wildman–Crippen LogP) is 3.41. The Balaban J connectivity index is 1.91. The van der Waals surface area contributed by atoms with Gasteiger partial charge in [-0.25, -0.2) is 4.79 Å². The number of benzene rings is 2. The lowest BCUT2D eigenvalue weighted by Gasteiger charge is -2.13. The van der Waals surface area contributed by atoms with Crippen molar-refractivity contribution in [3.05, 3.63) is 64.7 Å². The second kappa shape index (κ2) is 8.14. The molecule has 0 spiro atoms. The van der Waals surface area contributed by atoms with Gasteiger partial charge >= 0.3 is 5.97 Å². The number of Topliss-reactive ketones (excluding diaryl/α,β-unsaturated/α-hetero) is 1. The minimum Gasteiger partial charge on any atom is -0.481 e. The normalized spacial score (nSPS) is 11.2. The van der Waals surface area contributed by atoms with Gasteiger partial charge in [0.25, 0.3) is 0 Å². The average Bonchev–Trinajstić information content (AvgIpc) is 2.60. The van der Waals surface area contributed by atoms with Gasteiger partial charge in [-0.15, -0.1) is 0 Å². The highest BCUT2D eigenvalue weighted by molar-refractivity contribution is 6.30. The Morgan fingerprint density at radius 3 is 2.50 bits per heavy atom. The molecule has 0 N–H and O–H groups in total. The Morgan fingerprint density at radius 1 is 1.17 bits per heavy atom. The van der Waals surface area contributed by atoms with Crippen LogP contribution >= 0.6 is 11.6 Å². The maximum Gasteiger partial charge on any atom is 0.344 e. The Labute approximate surface area is 144 Å². The molecule has 2 aromatic rings. The molecular weight excluding hydrogens is 330 g/mol. The van der Waals surface area contributed by atoms with Gasteiger partial charge in [-0.1, -0.05) is 23.7 Å².